The van der Waals surface area contributed by atoms with Crippen LogP contribution in [-0.2, 0) is 0 Å². The summed E-state index contributed by atoms with van der Waals surface area (Å²) in [5.74, 6) is 0.805. The summed E-state index contributed by atoms with van der Waals surface area (Å²) in [6.45, 7) is 0. The zero-order valence-corrected chi connectivity index (χ0v) is 15.7. The molecule has 27 heavy (non-hydrogen) atoms. The molecule has 0 N–H and O–H groups in total. The minimum absolute atomic E-state index is 0.126. The van der Waals surface area contributed by atoms with Gasteiger partial charge in [-0.05, 0) is 23.3 Å². The maximum Gasteiger partial charge on any atom is 0.196 e. The Bertz CT molecular complexity index is 963. The van der Waals surface area contributed by atoms with Gasteiger partial charge >= 0.3 is 0 Å². The molecule has 1 heterocycles. The van der Waals surface area contributed by atoms with Crippen molar-refractivity contribution >= 4 is 11.8 Å². The fourth-order valence-electron chi connectivity index (χ4n) is 2.93. The Morgan fingerprint density at radius 1 is 0.852 bits per heavy atom. The van der Waals surface area contributed by atoms with Crippen LogP contribution in [0.1, 0.15) is 16.4 Å². The maximum absolute atomic E-state index is 5.35. The summed E-state index contributed by atoms with van der Waals surface area (Å²) < 4.78 is 7.34. The second-order valence-electron chi connectivity index (χ2n) is 6.00. The third-order valence-corrected chi connectivity index (χ3v) is 5.55. The summed E-state index contributed by atoms with van der Waals surface area (Å²) in [5, 5.41) is 9.48. The molecule has 0 fully saturated rings. The Morgan fingerprint density at radius 3 is 2.15 bits per heavy atom. The monoisotopic (exact) mass is 373 g/mol. The minimum atomic E-state index is 0.126. The third kappa shape index (κ3) is 3.88. The molecule has 0 unspecified atom stereocenters. The molecule has 134 valence electrons. The number of benzene rings is 3. The van der Waals surface area contributed by atoms with Crippen LogP contribution in [0.25, 0.3) is 5.69 Å². The van der Waals surface area contributed by atoms with Gasteiger partial charge in [0.2, 0.25) is 0 Å². The standard InChI is InChI=1S/C22H19N3OS/c1-26-20-14-8-13-19(15-20)25-16-23-24-22(25)27-21(17-9-4-2-5-10-17)18-11-6-3-7-12-18/h2-16,21H,1H3. The van der Waals surface area contributed by atoms with Gasteiger partial charge in [-0.3, -0.25) is 4.57 Å². The van der Waals surface area contributed by atoms with E-state index in [1.807, 2.05) is 41.0 Å². The average molecular weight is 373 g/mol. The van der Waals surface area contributed by atoms with Crippen molar-refractivity contribution in [3.05, 3.63) is 102 Å². The lowest BCUT2D eigenvalue weighted by molar-refractivity contribution is 0.414. The summed E-state index contributed by atoms with van der Waals surface area (Å²) in [6.07, 6.45) is 1.74. The first-order valence-corrected chi connectivity index (χ1v) is 9.54. The van der Waals surface area contributed by atoms with Crippen LogP contribution < -0.4 is 4.74 Å². The molecule has 0 aliphatic rings. The smallest absolute Gasteiger partial charge is 0.196 e. The van der Waals surface area contributed by atoms with E-state index in [0.717, 1.165) is 16.6 Å². The molecule has 3 aromatic carbocycles. The van der Waals surface area contributed by atoms with Gasteiger partial charge in [0, 0.05) is 6.07 Å². The van der Waals surface area contributed by atoms with E-state index in [1.54, 1.807) is 25.2 Å². The summed E-state index contributed by atoms with van der Waals surface area (Å²) >= 11 is 1.69. The van der Waals surface area contributed by atoms with Crippen molar-refractivity contribution in [2.45, 2.75) is 10.4 Å². The maximum atomic E-state index is 5.35. The minimum Gasteiger partial charge on any atom is -0.497 e. The molecule has 4 aromatic rings. The Hall–Kier alpha value is -3.05. The van der Waals surface area contributed by atoms with Crippen LogP contribution in [0.3, 0.4) is 0 Å². The van der Waals surface area contributed by atoms with Crippen molar-refractivity contribution in [3.8, 4) is 11.4 Å². The zero-order chi connectivity index (χ0) is 18.5. The van der Waals surface area contributed by atoms with Gasteiger partial charge < -0.3 is 4.74 Å². The molecule has 0 aliphatic carbocycles. The van der Waals surface area contributed by atoms with Gasteiger partial charge in [0.05, 0.1) is 18.0 Å². The van der Waals surface area contributed by atoms with Crippen LogP contribution in [0.2, 0.25) is 0 Å². The molecule has 4 nitrogen and oxygen atoms in total. The second kappa shape index (κ2) is 8.10. The van der Waals surface area contributed by atoms with Gasteiger partial charge in [0.1, 0.15) is 12.1 Å². The van der Waals surface area contributed by atoms with Gasteiger partial charge in [-0.25, -0.2) is 0 Å². The summed E-state index contributed by atoms with van der Waals surface area (Å²) in [7, 11) is 1.67. The van der Waals surface area contributed by atoms with Crippen LogP contribution in [0.15, 0.2) is 96.4 Å². The van der Waals surface area contributed by atoms with Crippen molar-refractivity contribution in [1.29, 1.82) is 0 Å². The molecule has 4 rings (SSSR count). The number of hydrogen-bond acceptors (Lipinski definition) is 4. The molecule has 1 aromatic heterocycles. The van der Waals surface area contributed by atoms with E-state index in [1.165, 1.54) is 11.1 Å². The first-order chi connectivity index (χ1) is 13.3. The Labute approximate surface area is 162 Å². The molecule has 0 saturated heterocycles. The highest BCUT2D eigenvalue weighted by atomic mass is 32.2. The first-order valence-electron chi connectivity index (χ1n) is 8.66. The fraction of sp³-hybridized carbons (Fsp3) is 0.0909. The molecule has 0 bridgehead atoms. The van der Waals surface area contributed by atoms with E-state index in [4.69, 9.17) is 4.74 Å². The predicted octanol–water partition coefficient (Wildman–Crippen LogP) is 5.16. The van der Waals surface area contributed by atoms with E-state index < -0.39 is 0 Å². The molecule has 0 aliphatic heterocycles. The van der Waals surface area contributed by atoms with Gasteiger partial charge in [0.15, 0.2) is 5.16 Å². The Morgan fingerprint density at radius 2 is 1.52 bits per heavy atom. The van der Waals surface area contributed by atoms with E-state index in [9.17, 15) is 0 Å². The lowest BCUT2D eigenvalue weighted by atomic mass is 10.0. The van der Waals surface area contributed by atoms with Crippen molar-refractivity contribution in [3.63, 3.8) is 0 Å². The summed E-state index contributed by atoms with van der Waals surface area (Å²) in [6, 6.07) is 28.8. The van der Waals surface area contributed by atoms with Crippen LogP contribution in [0.5, 0.6) is 5.75 Å². The lowest BCUT2D eigenvalue weighted by Crippen LogP contribution is -2.01. The fourth-order valence-corrected chi connectivity index (χ4v) is 4.09. The highest BCUT2D eigenvalue weighted by molar-refractivity contribution is 7.99. The number of rotatable bonds is 6. The van der Waals surface area contributed by atoms with Crippen molar-refractivity contribution in [2.24, 2.45) is 0 Å². The highest BCUT2D eigenvalue weighted by Gasteiger charge is 2.19. The topological polar surface area (TPSA) is 39.9 Å². The number of aromatic nitrogens is 3. The molecular weight excluding hydrogens is 354 g/mol. The lowest BCUT2D eigenvalue weighted by Gasteiger charge is -2.17. The van der Waals surface area contributed by atoms with Gasteiger partial charge in [-0.2, -0.15) is 0 Å². The number of hydrogen-bond donors (Lipinski definition) is 0. The van der Waals surface area contributed by atoms with Crippen LogP contribution >= 0.6 is 11.8 Å². The molecular formula is C22H19N3OS. The van der Waals surface area contributed by atoms with Crippen LogP contribution in [-0.4, -0.2) is 21.9 Å². The van der Waals surface area contributed by atoms with Crippen molar-refractivity contribution in [2.75, 3.05) is 7.11 Å². The zero-order valence-electron chi connectivity index (χ0n) is 14.9. The normalized spacial score (nSPS) is 10.9. The molecule has 0 spiro atoms. The molecule has 5 heteroatoms. The van der Waals surface area contributed by atoms with Crippen LogP contribution in [0, 0.1) is 0 Å². The number of thioether (sulfide) groups is 1. The largest absolute Gasteiger partial charge is 0.497 e. The number of ether oxygens (including phenoxy) is 1. The highest BCUT2D eigenvalue weighted by Crippen LogP contribution is 2.40. The van der Waals surface area contributed by atoms with Gasteiger partial charge in [-0.15, -0.1) is 10.2 Å². The van der Waals surface area contributed by atoms with E-state index in [0.29, 0.717) is 0 Å². The predicted molar refractivity (Wildman–Crippen MR) is 108 cm³/mol. The number of nitrogens with zero attached hydrogens (tertiary/aromatic N) is 3. The molecule has 0 radical (unpaired) electrons. The van der Waals surface area contributed by atoms with Crippen LogP contribution in [0.4, 0.5) is 0 Å². The molecule has 0 amide bonds. The van der Waals surface area contributed by atoms with Gasteiger partial charge in [-0.1, -0.05) is 78.5 Å². The Kier molecular flexibility index (Phi) is 5.21. The quantitative estimate of drug-likeness (QED) is 0.438. The molecule has 0 saturated carbocycles. The SMILES string of the molecule is COc1cccc(-n2cnnc2SC(c2ccccc2)c2ccccc2)c1. The van der Waals surface area contributed by atoms with E-state index >= 15 is 0 Å². The third-order valence-electron chi connectivity index (χ3n) is 4.28. The number of methoxy groups -OCH3 is 1. The van der Waals surface area contributed by atoms with E-state index in [-0.39, 0.29) is 5.25 Å². The van der Waals surface area contributed by atoms with Crippen molar-refractivity contribution < 1.29 is 4.74 Å². The second-order valence-corrected chi connectivity index (χ2v) is 7.08. The van der Waals surface area contributed by atoms with Gasteiger partial charge in [0.25, 0.3) is 0 Å². The Balaban J connectivity index is 1.72. The van der Waals surface area contributed by atoms with E-state index in [2.05, 4.69) is 58.7 Å². The summed E-state index contributed by atoms with van der Waals surface area (Å²) in [5.41, 5.74) is 3.43. The molecule has 0 atom stereocenters. The van der Waals surface area contributed by atoms with Crippen molar-refractivity contribution in [1.82, 2.24) is 14.8 Å². The average Bonchev–Trinajstić information content (AvgIpc) is 3.21. The first kappa shape index (κ1) is 17.4. The summed E-state index contributed by atoms with van der Waals surface area (Å²) in [4.78, 5) is 0.